The van der Waals surface area contributed by atoms with Crippen molar-refractivity contribution in [2.24, 2.45) is 0 Å². The average molecular weight is 422 g/mol. The largest absolute Gasteiger partial charge is 0.417 e. The van der Waals surface area contributed by atoms with E-state index in [1.54, 1.807) is 0 Å². The quantitative estimate of drug-likeness (QED) is 0.751. The van der Waals surface area contributed by atoms with Crippen LogP contribution in [0.1, 0.15) is 17.5 Å². The molecular formula is C21H26F3N3OSi. The highest BCUT2D eigenvalue weighted by atomic mass is 28.3. The lowest BCUT2D eigenvalue weighted by atomic mass is 10.1. The maximum Gasteiger partial charge on any atom is 0.417 e. The molecule has 156 valence electrons. The van der Waals surface area contributed by atoms with Crippen molar-refractivity contribution in [3.8, 4) is 0 Å². The lowest BCUT2D eigenvalue weighted by Gasteiger charge is -2.20. The maximum atomic E-state index is 12.9. The van der Waals surface area contributed by atoms with E-state index in [9.17, 15) is 18.0 Å². The molecule has 0 aliphatic carbocycles. The Kier molecular flexibility index (Phi) is 6.02. The van der Waals surface area contributed by atoms with Crippen LogP contribution in [0.25, 0.3) is 0 Å². The molecule has 0 bridgehead atoms. The Morgan fingerprint density at radius 2 is 1.90 bits per heavy atom. The lowest BCUT2D eigenvalue weighted by molar-refractivity contribution is -0.137. The van der Waals surface area contributed by atoms with E-state index in [-0.39, 0.29) is 11.9 Å². The van der Waals surface area contributed by atoms with Gasteiger partial charge in [-0.05, 0) is 18.1 Å². The van der Waals surface area contributed by atoms with Crippen LogP contribution in [-0.4, -0.2) is 38.1 Å². The van der Waals surface area contributed by atoms with Gasteiger partial charge in [-0.25, -0.2) is 0 Å². The number of pyridine rings is 1. The van der Waals surface area contributed by atoms with E-state index in [0.29, 0.717) is 31.6 Å². The summed E-state index contributed by atoms with van der Waals surface area (Å²) in [5, 5.41) is 4.35. The molecule has 1 N–H and O–H groups in total. The Hall–Kier alpha value is -2.35. The van der Waals surface area contributed by atoms with Crippen molar-refractivity contribution in [1.29, 1.82) is 0 Å². The molecule has 0 spiro atoms. The Bertz CT molecular complexity index is 863. The van der Waals surface area contributed by atoms with E-state index in [0.717, 1.165) is 17.8 Å². The number of carbonyl (C=O) groups is 1. The third-order valence-corrected chi connectivity index (χ3v) is 7.22. The van der Waals surface area contributed by atoms with Gasteiger partial charge in [0.15, 0.2) is 0 Å². The molecule has 0 radical (unpaired) electrons. The second-order valence-electron chi connectivity index (χ2n) is 8.55. The monoisotopic (exact) mass is 421 g/mol. The number of rotatable bonds is 5. The zero-order valence-corrected chi connectivity index (χ0v) is 17.9. The first-order chi connectivity index (χ1) is 13.5. The molecule has 0 saturated carbocycles. The molecule has 1 fully saturated rings. The van der Waals surface area contributed by atoms with Crippen LogP contribution in [0.2, 0.25) is 19.6 Å². The van der Waals surface area contributed by atoms with Crippen molar-refractivity contribution >= 4 is 24.9 Å². The molecule has 4 nitrogen and oxygen atoms in total. The molecule has 3 rings (SSSR count). The maximum absolute atomic E-state index is 12.9. The van der Waals surface area contributed by atoms with Crippen molar-refractivity contribution in [1.82, 2.24) is 10.3 Å². The number of anilines is 1. The number of nitrogens with zero attached hydrogens (tertiary/aromatic N) is 2. The molecule has 1 amide bonds. The van der Waals surface area contributed by atoms with Crippen molar-refractivity contribution in [3.63, 3.8) is 0 Å². The van der Waals surface area contributed by atoms with Crippen LogP contribution in [-0.2, 0) is 17.4 Å². The standard InChI is InChI=1S/C21H26F3N3OSi/c1-29(2,3)19-6-4-15(5-7-19)10-20(28)26-17-8-9-27(14-17)18-11-16(12-25-13-18)21(22,23)24/h4-7,11-13,17H,8-10,14H2,1-3H3,(H,26,28). The minimum Gasteiger partial charge on any atom is -0.368 e. The van der Waals surface area contributed by atoms with Gasteiger partial charge in [-0.1, -0.05) is 49.1 Å². The zero-order chi connectivity index (χ0) is 21.2. The minimum atomic E-state index is -4.42. The van der Waals surface area contributed by atoms with Gasteiger partial charge in [0.1, 0.15) is 0 Å². The number of amides is 1. The predicted molar refractivity (Wildman–Crippen MR) is 111 cm³/mol. The molecule has 1 aromatic heterocycles. The summed E-state index contributed by atoms with van der Waals surface area (Å²) in [6.07, 6.45) is -1.17. The fourth-order valence-electron chi connectivity index (χ4n) is 3.46. The summed E-state index contributed by atoms with van der Waals surface area (Å²) in [6.45, 7) is 7.89. The van der Waals surface area contributed by atoms with Crippen LogP contribution in [0.3, 0.4) is 0 Å². The molecule has 1 aromatic carbocycles. The van der Waals surface area contributed by atoms with Crippen LogP contribution in [0.15, 0.2) is 42.7 Å². The fourth-order valence-corrected chi connectivity index (χ4v) is 4.62. The van der Waals surface area contributed by atoms with E-state index >= 15 is 0 Å². The normalized spacial score (nSPS) is 17.4. The first-order valence-corrected chi connectivity index (χ1v) is 13.2. The second kappa shape index (κ2) is 8.18. The minimum absolute atomic E-state index is 0.0697. The second-order valence-corrected chi connectivity index (χ2v) is 13.6. The van der Waals surface area contributed by atoms with Crippen LogP contribution in [0.5, 0.6) is 0 Å². The van der Waals surface area contributed by atoms with Crippen molar-refractivity contribution in [2.45, 2.75) is 44.7 Å². The first kappa shape index (κ1) is 21.4. The Labute approximate surface area is 170 Å². The molecule has 1 unspecified atom stereocenters. The summed E-state index contributed by atoms with van der Waals surface area (Å²) in [5.74, 6) is -0.0697. The molecular weight excluding hydrogens is 395 g/mol. The van der Waals surface area contributed by atoms with E-state index in [2.05, 4.69) is 42.1 Å². The number of halogens is 3. The van der Waals surface area contributed by atoms with Gasteiger partial charge in [-0.15, -0.1) is 0 Å². The Morgan fingerprint density at radius 1 is 1.21 bits per heavy atom. The molecule has 1 aliphatic heterocycles. The Morgan fingerprint density at radius 3 is 2.52 bits per heavy atom. The molecule has 8 heteroatoms. The fraction of sp³-hybridized carbons (Fsp3) is 0.429. The third-order valence-electron chi connectivity index (χ3n) is 5.15. The van der Waals surface area contributed by atoms with Gasteiger partial charge in [0.05, 0.1) is 31.9 Å². The van der Waals surface area contributed by atoms with Crippen LogP contribution in [0, 0.1) is 0 Å². The number of hydrogen-bond donors (Lipinski definition) is 1. The van der Waals surface area contributed by atoms with Gasteiger partial charge in [-0.3, -0.25) is 9.78 Å². The molecule has 2 heterocycles. The van der Waals surface area contributed by atoms with Gasteiger partial charge in [-0.2, -0.15) is 13.2 Å². The predicted octanol–water partition coefficient (Wildman–Crippen LogP) is 3.58. The first-order valence-electron chi connectivity index (χ1n) is 9.68. The lowest BCUT2D eigenvalue weighted by Crippen LogP contribution is -2.38. The van der Waals surface area contributed by atoms with Gasteiger partial charge < -0.3 is 10.2 Å². The number of alkyl halides is 3. The van der Waals surface area contributed by atoms with Crippen LogP contribution in [0.4, 0.5) is 18.9 Å². The highest BCUT2D eigenvalue weighted by Gasteiger charge is 2.32. The van der Waals surface area contributed by atoms with Gasteiger partial charge >= 0.3 is 6.18 Å². The van der Waals surface area contributed by atoms with Gasteiger partial charge in [0.25, 0.3) is 0 Å². The molecule has 1 atom stereocenters. The van der Waals surface area contributed by atoms with Gasteiger partial charge in [0.2, 0.25) is 5.91 Å². The molecule has 1 aliphatic rings. The highest BCUT2D eigenvalue weighted by molar-refractivity contribution is 6.88. The number of aromatic nitrogens is 1. The number of carbonyl (C=O) groups excluding carboxylic acids is 1. The van der Waals surface area contributed by atoms with E-state index < -0.39 is 19.8 Å². The van der Waals surface area contributed by atoms with E-state index in [1.807, 2.05) is 17.0 Å². The summed E-state index contributed by atoms with van der Waals surface area (Å²) in [6, 6.07) is 9.24. The Balaban J connectivity index is 1.55. The topological polar surface area (TPSA) is 45.2 Å². The average Bonchev–Trinajstić information content (AvgIpc) is 3.09. The summed E-state index contributed by atoms with van der Waals surface area (Å²) in [7, 11) is -1.36. The number of nitrogens with one attached hydrogen (secondary N) is 1. The summed E-state index contributed by atoms with van der Waals surface area (Å²) >= 11 is 0. The summed E-state index contributed by atoms with van der Waals surface area (Å²) in [5.41, 5.74) is 0.629. The van der Waals surface area contributed by atoms with E-state index in [4.69, 9.17) is 0 Å². The SMILES string of the molecule is C[Si](C)(C)c1ccc(CC(=O)NC2CCN(c3cncc(C(F)(F)F)c3)C2)cc1. The van der Waals surface area contributed by atoms with Crippen LogP contribution < -0.4 is 15.4 Å². The van der Waals surface area contributed by atoms with E-state index in [1.165, 1.54) is 11.4 Å². The van der Waals surface area contributed by atoms with Crippen molar-refractivity contribution in [2.75, 3.05) is 18.0 Å². The molecule has 29 heavy (non-hydrogen) atoms. The zero-order valence-electron chi connectivity index (χ0n) is 16.9. The van der Waals surface area contributed by atoms with Gasteiger partial charge in [0, 0.05) is 25.3 Å². The summed E-state index contributed by atoms with van der Waals surface area (Å²) in [4.78, 5) is 17.9. The molecule has 1 saturated heterocycles. The van der Waals surface area contributed by atoms with Crippen molar-refractivity contribution < 1.29 is 18.0 Å². The number of benzene rings is 1. The number of hydrogen-bond acceptors (Lipinski definition) is 3. The smallest absolute Gasteiger partial charge is 0.368 e. The van der Waals surface area contributed by atoms with Crippen molar-refractivity contribution in [3.05, 3.63) is 53.9 Å². The highest BCUT2D eigenvalue weighted by Crippen LogP contribution is 2.31. The van der Waals surface area contributed by atoms with Crippen LogP contribution >= 0.6 is 0 Å². The molecule has 2 aromatic rings. The third kappa shape index (κ3) is 5.59. The summed E-state index contributed by atoms with van der Waals surface area (Å²) < 4.78 is 38.7.